The van der Waals surface area contributed by atoms with Crippen LogP contribution in [0.5, 0.6) is 0 Å². The molecule has 0 bridgehead atoms. The zero-order valence-electron chi connectivity index (χ0n) is 9.83. The summed E-state index contributed by atoms with van der Waals surface area (Å²) in [5.74, 6) is 0. The van der Waals surface area contributed by atoms with Gasteiger partial charge in [0.05, 0.1) is 0 Å². The van der Waals surface area contributed by atoms with Crippen molar-refractivity contribution in [2.75, 3.05) is 0 Å². The number of hydrogen-bond acceptors (Lipinski definition) is 0. The fourth-order valence-electron chi connectivity index (χ4n) is 1.75. The summed E-state index contributed by atoms with van der Waals surface area (Å²) < 4.78 is 0. The molecule has 0 radical (unpaired) electrons. The Morgan fingerprint density at radius 2 is 1.35 bits per heavy atom. The minimum Gasteiger partial charge on any atom is -0.147 e. The summed E-state index contributed by atoms with van der Waals surface area (Å²) in [7, 11) is 0.707. The lowest BCUT2D eigenvalue weighted by Crippen LogP contribution is -2.04. The molecule has 0 saturated carbocycles. The topological polar surface area (TPSA) is 0 Å². The first-order chi connectivity index (χ1) is 7.63. The van der Waals surface area contributed by atoms with Crippen LogP contribution in [0.4, 0.5) is 0 Å². The summed E-state index contributed by atoms with van der Waals surface area (Å²) in [5, 5.41) is 3.52. The van der Waals surface area contributed by atoms with Crippen molar-refractivity contribution in [3.63, 3.8) is 0 Å². The summed E-state index contributed by atoms with van der Waals surface area (Å²) in [6, 6.07) is 14.8. The van der Waals surface area contributed by atoms with Crippen LogP contribution in [0.2, 0.25) is 5.02 Å². The maximum atomic E-state index is 5.87. The van der Waals surface area contributed by atoms with E-state index < -0.39 is 0 Å². The number of rotatable bonds is 2. The quantitative estimate of drug-likeness (QED) is 0.731. The molecule has 2 rings (SSSR count). The van der Waals surface area contributed by atoms with Gasteiger partial charge in [-0.2, -0.15) is 0 Å². The van der Waals surface area contributed by atoms with E-state index in [2.05, 4.69) is 44.2 Å². The highest BCUT2D eigenvalue weighted by Gasteiger charge is 1.98. The minimum atomic E-state index is 0. The largest absolute Gasteiger partial charge is 0.147 e. The Bertz CT molecular complexity index is 472. The maximum Gasteiger partial charge on any atom is 0.0406 e. The van der Waals surface area contributed by atoms with Crippen molar-refractivity contribution in [2.24, 2.45) is 0 Å². The van der Waals surface area contributed by atoms with Crippen LogP contribution in [-0.2, 0) is 0 Å². The van der Waals surface area contributed by atoms with E-state index in [1.54, 1.807) is 0 Å². The molecule has 0 nitrogen and oxygen atoms in total. The predicted molar refractivity (Wildman–Crippen MR) is 82.2 cm³/mol. The molecule has 0 amide bonds. The molecule has 1 atom stereocenters. The number of halogens is 2. The number of aryl methyl sites for hydroxylation is 2. The first-order valence-corrected chi connectivity index (χ1v) is 6.62. The van der Waals surface area contributed by atoms with Crippen LogP contribution in [0.3, 0.4) is 0 Å². The van der Waals surface area contributed by atoms with Crippen LogP contribution in [0.1, 0.15) is 11.1 Å². The van der Waals surface area contributed by atoms with Gasteiger partial charge < -0.3 is 0 Å². The van der Waals surface area contributed by atoms with Crippen LogP contribution in [-0.4, -0.2) is 0 Å². The summed E-state index contributed by atoms with van der Waals surface area (Å²) in [4.78, 5) is 0. The molecular weight excluding hydrogens is 270 g/mol. The monoisotopic (exact) mass is 284 g/mol. The molecule has 2 aromatic rings. The molecule has 1 unspecified atom stereocenters. The van der Waals surface area contributed by atoms with E-state index in [9.17, 15) is 0 Å². The van der Waals surface area contributed by atoms with E-state index in [-0.39, 0.29) is 12.4 Å². The molecule has 0 aliphatic heterocycles. The Morgan fingerprint density at radius 3 is 1.88 bits per heavy atom. The third-order valence-corrected chi connectivity index (χ3v) is 3.81. The van der Waals surface area contributed by atoms with Crippen LogP contribution < -0.4 is 10.6 Å². The smallest absolute Gasteiger partial charge is 0.0406 e. The van der Waals surface area contributed by atoms with Crippen molar-refractivity contribution >= 4 is 43.2 Å². The van der Waals surface area contributed by atoms with Gasteiger partial charge in [0.1, 0.15) is 0 Å². The molecule has 17 heavy (non-hydrogen) atoms. The zero-order valence-corrected chi connectivity index (χ0v) is 12.4. The summed E-state index contributed by atoms with van der Waals surface area (Å²) >= 11 is 5.87. The van der Waals surface area contributed by atoms with E-state index in [1.807, 2.05) is 12.1 Å². The summed E-state index contributed by atoms with van der Waals surface area (Å²) in [6.07, 6.45) is 0. The standard InChI is InChI=1S/C14H14ClP.ClH/c1-10-7-11(2)9-14(8-10)16-13-5-3-12(15)4-6-13;/h3-9,16H,1-2H3;1H. The Morgan fingerprint density at radius 1 is 0.824 bits per heavy atom. The van der Waals surface area contributed by atoms with Crippen molar-refractivity contribution in [3.05, 3.63) is 58.6 Å². The Labute approximate surface area is 116 Å². The van der Waals surface area contributed by atoms with Gasteiger partial charge in [-0.3, -0.25) is 0 Å². The molecule has 0 heterocycles. The van der Waals surface area contributed by atoms with Gasteiger partial charge in [0.15, 0.2) is 0 Å². The SMILES string of the molecule is Cc1cc(C)cc(Pc2ccc(Cl)cc2)c1.Cl. The third kappa shape index (κ3) is 4.32. The van der Waals surface area contributed by atoms with Gasteiger partial charge in [0.2, 0.25) is 0 Å². The molecular formula is C14H15Cl2P. The van der Waals surface area contributed by atoms with Crippen LogP contribution in [0, 0.1) is 13.8 Å². The van der Waals surface area contributed by atoms with Gasteiger partial charge in [-0.1, -0.05) is 61.6 Å². The molecule has 0 N–H and O–H groups in total. The van der Waals surface area contributed by atoms with Crippen LogP contribution in [0.25, 0.3) is 0 Å². The van der Waals surface area contributed by atoms with Crippen LogP contribution in [0.15, 0.2) is 42.5 Å². The highest BCUT2D eigenvalue weighted by Crippen LogP contribution is 2.15. The van der Waals surface area contributed by atoms with Gasteiger partial charge in [0, 0.05) is 5.02 Å². The van der Waals surface area contributed by atoms with E-state index >= 15 is 0 Å². The molecule has 0 aromatic heterocycles. The maximum absolute atomic E-state index is 5.87. The summed E-state index contributed by atoms with van der Waals surface area (Å²) in [6.45, 7) is 4.28. The third-order valence-electron chi connectivity index (χ3n) is 2.35. The van der Waals surface area contributed by atoms with E-state index in [0.717, 1.165) is 5.02 Å². The first kappa shape index (κ1) is 14.5. The second kappa shape index (κ2) is 6.40. The van der Waals surface area contributed by atoms with Crippen molar-refractivity contribution in [1.29, 1.82) is 0 Å². The van der Waals surface area contributed by atoms with Gasteiger partial charge in [0.25, 0.3) is 0 Å². The van der Waals surface area contributed by atoms with Crippen molar-refractivity contribution < 1.29 is 0 Å². The Kier molecular flexibility index (Phi) is 5.46. The Balaban J connectivity index is 0.00000144. The molecule has 2 aromatic carbocycles. The lowest BCUT2D eigenvalue weighted by Gasteiger charge is -2.05. The molecule has 0 spiro atoms. The second-order valence-electron chi connectivity index (χ2n) is 4.01. The molecule has 90 valence electrons. The normalized spacial score (nSPS) is 10.5. The molecule has 0 aliphatic carbocycles. The highest BCUT2D eigenvalue weighted by molar-refractivity contribution is 7.55. The number of benzene rings is 2. The highest BCUT2D eigenvalue weighted by atomic mass is 35.5. The van der Waals surface area contributed by atoms with Gasteiger partial charge in [-0.05, 0) is 36.6 Å². The van der Waals surface area contributed by atoms with E-state index in [1.165, 1.54) is 21.7 Å². The van der Waals surface area contributed by atoms with Gasteiger partial charge in [-0.25, -0.2) is 0 Å². The zero-order chi connectivity index (χ0) is 11.5. The van der Waals surface area contributed by atoms with Gasteiger partial charge in [-0.15, -0.1) is 12.4 Å². The number of hydrogen-bond donors (Lipinski definition) is 0. The molecule has 0 aliphatic rings. The summed E-state index contributed by atoms with van der Waals surface area (Å²) in [5.41, 5.74) is 2.66. The second-order valence-corrected chi connectivity index (χ2v) is 5.85. The minimum absolute atomic E-state index is 0. The van der Waals surface area contributed by atoms with Crippen molar-refractivity contribution in [2.45, 2.75) is 13.8 Å². The molecule has 0 saturated heterocycles. The Hall–Kier alpha value is -0.550. The lowest BCUT2D eigenvalue weighted by atomic mass is 10.2. The fourth-order valence-corrected chi connectivity index (χ4v) is 3.14. The van der Waals surface area contributed by atoms with E-state index in [4.69, 9.17) is 11.6 Å². The van der Waals surface area contributed by atoms with Crippen LogP contribution >= 0.6 is 32.6 Å². The first-order valence-electron chi connectivity index (χ1n) is 5.24. The predicted octanol–water partition coefficient (Wildman–Crippen LogP) is 4.01. The lowest BCUT2D eigenvalue weighted by molar-refractivity contribution is 1.41. The van der Waals surface area contributed by atoms with Crippen molar-refractivity contribution in [1.82, 2.24) is 0 Å². The average Bonchev–Trinajstić information content (AvgIpc) is 2.20. The van der Waals surface area contributed by atoms with Gasteiger partial charge >= 0.3 is 0 Å². The molecule has 0 fully saturated rings. The fraction of sp³-hybridized carbons (Fsp3) is 0.143. The molecule has 3 heteroatoms. The van der Waals surface area contributed by atoms with E-state index in [0.29, 0.717) is 8.58 Å². The average molecular weight is 285 g/mol. The van der Waals surface area contributed by atoms with Crippen molar-refractivity contribution in [3.8, 4) is 0 Å².